The highest BCUT2D eigenvalue weighted by atomic mass is 19.4. The molecule has 17 heavy (non-hydrogen) atoms. The third-order valence-electron chi connectivity index (χ3n) is 2.61. The molecule has 3 heteroatoms. The Balaban J connectivity index is 2.90. The lowest BCUT2D eigenvalue weighted by molar-refractivity contribution is -0.137. The summed E-state index contributed by atoms with van der Waals surface area (Å²) >= 11 is 0. The standard InChI is InChI=1S/C14H16F3/c1-4-8-13(2,3)10-11-6-5-7-12(9-11)14(15,16)17/h1,4-7,9H,8,10H2,2-3H3. The molecule has 0 N–H and O–H groups in total. The van der Waals surface area contributed by atoms with Gasteiger partial charge in [0, 0.05) is 0 Å². The van der Waals surface area contributed by atoms with Crippen LogP contribution >= 0.6 is 0 Å². The van der Waals surface area contributed by atoms with Crippen LogP contribution in [0.1, 0.15) is 31.4 Å². The van der Waals surface area contributed by atoms with Crippen LogP contribution in [0, 0.1) is 12.0 Å². The highest BCUT2D eigenvalue weighted by Gasteiger charge is 2.30. The lowest BCUT2D eigenvalue weighted by Crippen LogP contribution is -2.14. The topological polar surface area (TPSA) is 0 Å². The number of hydrogen-bond acceptors (Lipinski definition) is 0. The Labute approximate surface area is 100 Å². The molecule has 1 radical (unpaired) electrons. The highest BCUT2D eigenvalue weighted by molar-refractivity contribution is 5.26. The molecule has 0 unspecified atom stereocenters. The predicted octanol–water partition coefficient (Wildman–Crippen LogP) is 4.65. The first-order valence-electron chi connectivity index (χ1n) is 5.44. The second kappa shape index (κ2) is 4.94. The Hall–Kier alpha value is -1.25. The molecule has 0 aromatic heterocycles. The van der Waals surface area contributed by atoms with Gasteiger partial charge in [-0.1, -0.05) is 44.7 Å². The van der Waals surface area contributed by atoms with Gasteiger partial charge in [-0.2, -0.15) is 13.2 Å². The van der Waals surface area contributed by atoms with E-state index < -0.39 is 11.7 Å². The minimum Gasteiger partial charge on any atom is -0.166 e. The Morgan fingerprint density at radius 3 is 2.41 bits per heavy atom. The molecule has 0 nitrogen and oxygen atoms in total. The average Bonchev–Trinajstić information content (AvgIpc) is 2.15. The summed E-state index contributed by atoms with van der Waals surface area (Å²) in [5, 5.41) is 0. The molecule has 1 rings (SSSR count). The summed E-state index contributed by atoms with van der Waals surface area (Å²) < 4.78 is 37.6. The average molecular weight is 241 g/mol. The first-order valence-corrected chi connectivity index (χ1v) is 5.44. The van der Waals surface area contributed by atoms with Crippen LogP contribution in [0.2, 0.25) is 0 Å². The molecular formula is C14H16F3. The van der Waals surface area contributed by atoms with Gasteiger partial charge in [0.05, 0.1) is 5.56 Å². The minimum absolute atomic E-state index is 0.126. The van der Waals surface area contributed by atoms with Crippen molar-refractivity contribution >= 4 is 0 Å². The summed E-state index contributed by atoms with van der Waals surface area (Å²) in [7, 11) is 0. The molecule has 0 amide bonds. The van der Waals surface area contributed by atoms with E-state index in [4.69, 9.17) is 6.58 Å². The zero-order valence-corrected chi connectivity index (χ0v) is 10.0. The van der Waals surface area contributed by atoms with Crippen molar-refractivity contribution in [3.05, 3.63) is 48.0 Å². The van der Waals surface area contributed by atoms with E-state index in [9.17, 15) is 13.2 Å². The van der Waals surface area contributed by atoms with Gasteiger partial charge in [0.15, 0.2) is 0 Å². The van der Waals surface area contributed by atoms with Crippen LogP contribution in [0.25, 0.3) is 0 Å². The summed E-state index contributed by atoms with van der Waals surface area (Å²) in [6, 6.07) is 5.46. The van der Waals surface area contributed by atoms with Crippen molar-refractivity contribution < 1.29 is 13.2 Å². The van der Waals surface area contributed by atoms with Gasteiger partial charge in [0.2, 0.25) is 0 Å². The Kier molecular flexibility index (Phi) is 4.02. The van der Waals surface area contributed by atoms with Crippen LogP contribution in [0.5, 0.6) is 0 Å². The third kappa shape index (κ3) is 4.25. The Morgan fingerprint density at radius 1 is 1.24 bits per heavy atom. The fourth-order valence-electron chi connectivity index (χ4n) is 1.80. The van der Waals surface area contributed by atoms with Gasteiger partial charge in [-0.25, -0.2) is 0 Å². The zero-order chi connectivity index (χ0) is 13.1. The number of benzene rings is 1. The van der Waals surface area contributed by atoms with Crippen molar-refractivity contribution in [2.75, 3.05) is 0 Å². The lowest BCUT2D eigenvalue weighted by atomic mass is 9.82. The van der Waals surface area contributed by atoms with Gasteiger partial charge >= 0.3 is 6.18 Å². The van der Waals surface area contributed by atoms with Crippen molar-refractivity contribution in [3.8, 4) is 0 Å². The van der Waals surface area contributed by atoms with Crippen molar-refractivity contribution in [1.82, 2.24) is 0 Å². The summed E-state index contributed by atoms with van der Waals surface area (Å²) in [5.74, 6) is 0. The molecule has 0 aliphatic carbocycles. The molecule has 0 atom stereocenters. The summed E-state index contributed by atoms with van der Waals surface area (Å²) in [6.45, 7) is 9.33. The second-order valence-corrected chi connectivity index (χ2v) is 4.98. The second-order valence-electron chi connectivity index (χ2n) is 4.98. The zero-order valence-electron chi connectivity index (χ0n) is 10.0. The first kappa shape index (κ1) is 13.8. The Bertz CT molecular complexity index is 389. The van der Waals surface area contributed by atoms with E-state index >= 15 is 0 Å². The van der Waals surface area contributed by atoms with Gasteiger partial charge in [-0.3, -0.25) is 0 Å². The fourth-order valence-corrected chi connectivity index (χ4v) is 1.80. The highest BCUT2D eigenvalue weighted by Crippen LogP contribution is 2.32. The lowest BCUT2D eigenvalue weighted by Gasteiger charge is -2.23. The normalized spacial score (nSPS) is 12.5. The van der Waals surface area contributed by atoms with E-state index in [0.29, 0.717) is 18.4 Å². The summed E-state index contributed by atoms with van der Waals surface area (Å²) in [4.78, 5) is 0. The van der Waals surface area contributed by atoms with E-state index in [1.54, 1.807) is 12.1 Å². The minimum atomic E-state index is -4.28. The molecule has 0 heterocycles. The molecule has 93 valence electrons. The molecule has 0 spiro atoms. The first-order chi connectivity index (χ1) is 7.74. The van der Waals surface area contributed by atoms with E-state index in [-0.39, 0.29) is 5.41 Å². The molecule has 0 bridgehead atoms. The van der Waals surface area contributed by atoms with E-state index in [1.807, 2.05) is 13.8 Å². The largest absolute Gasteiger partial charge is 0.416 e. The maximum atomic E-state index is 12.5. The number of hydrogen-bond donors (Lipinski definition) is 0. The molecule has 0 saturated carbocycles. The number of halogens is 3. The van der Waals surface area contributed by atoms with Crippen molar-refractivity contribution in [3.63, 3.8) is 0 Å². The molecule has 0 aliphatic rings. The number of rotatable bonds is 4. The van der Waals surface area contributed by atoms with Crippen LogP contribution in [0.15, 0.2) is 30.3 Å². The van der Waals surface area contributed by atoms with E-state index in [1.165, 1.54) is 12.1 Å². The third-order valence-corrected chi connectivity index (χ3v) is 2.61. The molecule has 1 aromatic rings. The van der Waals surface area contributed by atoms with Crippen molar-refractivity contribution in [1.29, 1.82) is 0 Å². The van der Waals surface area contributed by atoms with Gasteiger partial charge in [-0.15, -0.1) is 0 Å². The summed E-state index contributed by atoms with van der Waals surface area (Å²) in [6.07, 6.45) is -1.48. The monoisotopic (exact) mass is 241 g/mol. The molecule has 1 aromatic carbocycles. The Morgan fingerprint density at radius 2 is 1.88 bits per heavy atom. The van der Waals surface area contributed by atoms with Gasteiger partial charge in [-0.05, 0) is 29.9 Å². The van der Waals surface area contributed by atoms with Crippen LogP contribution in [0.4, 0.5) is 13.2 Å². The van der Waals surface area contributed by atoms with Crippen LogP contribution in [-0.4, -0.2) is 0 Å². The molecule has 0 aliphatic heterocycles. The van der Waals surface area contributed by atoms with Gasteiger partial charge in [0.1, 0.15) is 0 Å². The quantitative estimate of drug-likeness (QED) is 0.719. The smallest absolute Gasteiger partial charge is 0.166 e. The molecular weight excluding hydrogens is 225 g/mol. The maximum absolute atomic E-state index is 12.5. The van der Waals surface area contributed by atoms with E-state index in [0.717, 1.165) is 6.07 Å². The van der Waals surface area contributed by atoms with Gasteiger partial charge in [0.25, 0.3) is 0 Å². The van der Waals surface area contributed by atoms with Crippen molar-refractivity contribution in [2.24, 2.45) is 5.41 Å². The van der Waals surface area contributed by atoms with Crippen molar-refractivity contribution in [2.45, 2.75) is 32.9 Å². The van der Waals surface area contributed by atoms with Crippen LogP contribution < -0.4 is 0 Å². The predicted molar refractivity (Wildman–Crippen MR) is 62.4 cm³/mol. The van der Waals surface area contributed by atoms with Crippen LogP contribution in [0.3, 0.4) is 0 Å². The fraction of sp³-hybridized carbons (Fsp3) is 0.429. The molecule has 0 fully saturated rings. The van der Waals surface area contributed by atoms with Crippen LogP contribution in [-0.2, 0) is 12.6 Å². The maximum Gasteiger partial charge on any atom is 0.416 e. The summed E-state index contributed by atoms with van der Waals surface area (Å²) in [5.41, 5.74) is -0.0342. The number of allylic oxidation sites excluding steroid dienone is 1. The number of alkyl halides is 3. The van der Waals surface area contributed by atoms with Gasteiger partial charge < -0.3 is 0 Å². The molecule has 0 saturated heterocycles. The SMILES string of the molecule is [CH]=CCC(C)(C)Cc1cccc(C(F)(F)F)c1. The van der Waals surface area contributed by atoms with E-state index in [2.05, 4.69) is 0 Å².